The van der Waals surface area contributed by atoms with Crippen molar-refractivity contribution in [1.82, 2.24) is 4.90 Å². The molecule has 2 heterocycles. The summed E-state index contributed by atoms with van der Waals surface area (Å²) in [5.74, 6) is 2.98. The predicted octanol–water partition coefficient (Wildman–Crippen LogP) is 6.85. The second-order valence-corrected chi connectivity index (χ2v) is 11.8. The standard InChI is InChI=1S/C31H40N2/c1-32-28-13-7-5-11-24(28)26-19-21(15-17-29(26)32)22-16-18-31-27(20-22)25-12-6-8-14-30(25)33(31)23-9-3-2-4-10-23/h3,5,7,9,11,13,15,17,20-23,25-26,29-31H,2,4,6,8,10,12,14,16,18-19H2,1H3/t21?,22-,23?,25-,26?,29+,30?,31?/m1/s1. The molecule has 0 amide bonds. The van der Waals surface area contributed by atoms with E-state index >= 15 is 0 Å². The molecule has 0 bridgehead atoms. The maximum absolute atomic E-state index is 3.02. The van der Waals surface area contributed by atoms with E-state index in [0.717, 1.165) is 23.9 Å². The lowest BCUT2D eigenvalue weighted by molar-refractivity contribution is 0.105. The minimum atomic E-state index is 0.561. The number of hydrogen-bond donors (Lipinski definition) is 0. The molecule has 1 saturated carbocycles. The molecule has 8 atom stereocenters. The molecule has 1 aromatic carbocycles. The molecule has 0 radical (unpaired) electrons. The molecule has 5 unspecified atom stereocenters. The molecule has 1 aromatic rings. The highest BCUT2D eigenvalue weighted by molar-refractivity contribution is 5.63. The highest BCUT2D eigenvalue weighted by atomic mass is 15.2. The summed E-state index contributed by atoms with van der Waals surface area (Å²) >= 11 is 0. The van der Waals surface area contributed by atoms with Crippen molar-refractivity contribution >= 4 is 5.69 Å². The summed E-state index contributed by atoms with van der Waals surface area (Å²) in [5.41, 5.74) is 4.91. The zero-order chi connectivity index (χ0) is 21.9. The molecule has 0 spiro atoms. The van der Waals surface area contributed by atoms with Gasteiger partial charge >= 0.3 is 0 Å². The number of rotatable bonds is 2. The average molecular weight is 441 g/mol. The zero-order valence-corrected chi connectivity index (χ0v) is 20.3. The van der Waals surface area contributed by atoms with Gasteiger partial charge in [0.15, 0.2) is 0 Å². The van der Waals surface area contributed by atoms with Crippen molar-refractivity contribution in [3.8, 4) is 0 Å². The molecule has 6 aliphatic rings. The van der Waals surface area contributed by atoms with Crippen LogP contribution in [0, 0.1) is 17.8 Å². The first-order valence-corrected chi connectivity index (χ1v) is 14.0. The Morgan fingerprint density at radius 3 is 2.64 bits per heavy atom. The fourth-order valence-corrected chi connectivity index (χ4v) is 8.81. The number of fused-ring (bicyclic) bond motifs is 6. The number of anilines is 1. The molecule has 0 aromatic heterocycles. The van der Waals surface area contributed by atoms with E-state index in [4.69, 9.17) is 0 Å². The first-order chi connectivity index (χ1) is 16.3. The third-order valence-corrected chi connectivity index (χ3v) is 10.3. The second-order valence-electron chi connectivity index (χ2n) is 11.8. The maximum Gasteiger partial charge on any atom is 0.0539 e. The Morgan fingerprint density at radius 1 is 0.818 bits per heavy atom. The Kier molecular flexibility index (Phi) is 5.08. The molecule has 2 aliphatic heterocycles. The average Bonchev–Trinajstić information content (AvgIpc) is 3.36. The van der Waals surface area contributed by atoms with Gasteiger partial charge in [0.1, 0.15) is 0 Å². The molecule has 1 saturated heterocycles. The van der Waals surface area contributed by atoms with Gasteiger partial charge in [-0.05, 0) is 80.8 Å². The van der Waals surface area contributed by atoms with Crippen LogP contribution in [0.25, 0.3) is 0 Å². The van der Waals surface area contributed by atoms with Crippen molar-refractivity contribution in [3.05, 3.63) is 65.8 Å². The van der Waals surface area contributed by atoms with Crippen LogP contribution in [0.3, 0.4) is 0 Å². The minimum Gasteiger partial charge on any atom is -0.367 e. The highest BCUT2D eigenvalue weighted by Gasteiger charge is 2.50. The van der Waals surface area contributed by atoms with Crippen LogP contribution in [-0.4, -0.2) is 36.1 Å². The smallest absolute Gasteiger partial charge is 0.0539 e. The summed E-state index contributed by atoms with van der Waals surface area (Å²) in [5, 5.41) is 0. The van der Waals surface area contributed by atoms with Crippen LogP contribution in [-0.2, 0) is 0 Å². The van der Waals surface area contributed by atoms with Crippen molar-refractivity contribution in [2.24, 2.45) is 17.8 Å². The van der Waals surface area contributed by atoms with Gasteiger partial charge in [-0.15, -0.1) is 0 Å². The summed E-state index contributed by atoms with van der Waals surface area (Å²) in [7, 11) is 2.29. The van der Waals surface area contributed by atoms with Crippen molar-refractivity contribution < 1.29 is 0 Å². The van der Waals surface area contributed by atoms with Crippen LogP contribution in [0.4, 0.5) is 5.69 Å². The Bertz CT molecular complexity index is 988. The van der Waals surface area contributed by atoms with E-state index in [-0.39, 0.29) is 0 Å². The Hall–Kier alpha value is -1.80. The largest absolute Gasteiger partial charge is 0.367 e. The fraction of sp³-hybridized carbons (Fsp3) is 0.613. The van der Waals surface area contributed by atoms with Crippen LogP contribution >= 0.6 is 0 Å². The predicted molar refractivity (Wildman–Crippen MR) is 138 cm³/mol. The van der Waals surface area contributed by atoms with Gasteiger partial charge in [0.05, 0.1) is 6.04 Å². The van der Waals surface area contributed by atoms with E-state index in [1.54, 1.807) is 5.56 Å². The third kappa shape index (κ3) is 3.23. The summed E-state index contributed by atoms with van der Waals surface area (Å²) in [6.45, 7) is 0. The lowest BCUT2D eigenvalue weighted by atomic mass is 9.70. The topological polar surface area (TPSA) is 6.48 Å². The summed E-state index contributed by atoms with van der Waals surface area (Å²) in [4.78, 5) is 5.54. The molecule has 4 aliphatic carbocycles. The van der Waals surface area contributed by atoms with E-state index in [9.17, 15) is 0 Å². The molecule has 2 nitrogen and oxygen atoms in total. The Labute approximate surface area is 200 Å². The Balaban J connectivity index is 1.17. The van der Waals surface area contributed by atoms with Crippen molar-refractivity contribution in [2.45, 2.75) is 94.3 Å². The molecule has 0 N–H and O–H groups in total. The Morgan fingerprint density at radius 2 is 1.73 bits per heavy atom. The lowest BCUT2D eigenvalue weighted by Crippen LogP contribution is -2.46. The minimum absolute atomic E-state index is 0.561. The number of allylic oxidation sites excluding steroid dienone is 3. The number of likely N-dealkylation sites (tertiary alicyclic amines) is 1. The summed E-state index contributed by atoms with van der Waals surface area (Å²) < 4.78 is 0. The lowest BCUT2D eigenvalue weighted by Gasteiger charge is -2.41. The molecular formula is C31H40N2. The van der Waals surface area contributed by atoms with Gasteiger partial charge < -0.3 is 4.90 Å². The number of likely N-dealkylation sites (N-methyl/N-ethyl adjacent to an activating group) is 1. The number of para-hydroxylation sites is 1. The first-order valence-electron chi connectivity index (χ1n) is 14.0. The van der Waals surface area contributed by atoms with Gasteiger partial charge in [0.25, 0.3) is 0 Å². The van der Waals surface area contributed by atoms with Crippen LogP contribution < -0.4 is 4.90 Å². The van der Waals surface area contributed by atoms with Gasteiger partial charge in [-0.2, -0.15) is 0 Å². The van der Waals surface area contributed by atoms with Crippen molar-refractivity contribution in [1.29, 1.82) is 0 Å². The van der Waals surface area contributed by atoms with Crippen LogP contribution in [0.15, 0.2) is 60.2 Å². The van der Waals surface area contributed by atoms with Crippen LogP contribution in [0.5, 0.6) is 0 Å². The third-order valence-electron chi connectivity index (χ3n) is 10.3. The van der Waals surface area contributed by atoms with Crippen LogP contribution in [0.1, 0.15) is 75.7 Å². The first kappa shape index (κ1) is 20.6. The van der Waals surface area contributed by atoms with E-state index in [0.29, 0.717) is 23.9 Å². The van der Waals surface area contributed by atoms with Gasteiger partial charge in [-0.1, -0.05) is 67.0 Å². The molecule has 7 rings (SSSR count). The molecule has 33 heavy (non-hydrogen) atoms. The van der Waals surface area contributed by atoms with Gasteiger partial charge in [-0.25, -0.2) is 0 Å². The van der Waals surface area contributed by atoms with Gasteiger partial charge in [0, 0.05) is 36.8 Å². The van der Waals surface area contributed by atoms with Crippen LogP contribution in [0.2, 0.25) is 0 Å². The van der Waals surface area contributed by atoms with Gasteiger partial charge in [0.2, 0.25) is 0 Å². The molecule has 174 valence electrons. The molecular weight excluding hydrogens is 400 g/mol. The monoisotopic (exact) mass is 440 g/mol. The second kappa shape index (κ2) is 8.15. The van der Waals surface area contributed by atoms with Crippen molar-refractivity contribution in [3.63, 3.8) is 0 Å². The van der Waals surface area contributed by atoms with E-state index in [2.05, 4.69) is 71.5 Å². The van der Waals surface area contributed by atoms with Gasteiger partial charge in [-0.3, -0.25) is 4.90 Å². The fourth-order valence-electron chi connectivity index (χ4n) is 8.81. The van der Waals surface area contributed by atoms with E-state index < -0.39 is 0 Å². The number of hydrogen-bond acceptors (Lipinski definition) is 2. The maximum atomic E-state index is 3.02. The van der Waals surface area contributed by atoms with Crippen molar-refractivity contribution in [2.75, 3.05) is 11.9 Å². The zero-order valence-electron chi connectivity index (χ0n) is 20.3. The normalized spacial score (nSPS) is 41.8. The highest BCUT2D eigenvalue weighted by Crippen LogP contribution is 2.52. The van der Waals surface area contributed by atoms with E-state index in [1.165, 1.54) is 69.9 Å². The number of nitrogens with zero attached hydrogens (tertiary/aromatic N) is 2. The molecule has 2 heteroatoms. The summed E-state index contributed by atoms with van der Waals surface area (Å²) in [6.07, 6.45) is 27.0. The number of benzene rings is 1. The summed E-state index contributed by atoms with van der Waals surface area (Å²) in [6, 6.07) is 12.0. The van der Waals surface area contributed by atoms with E-state index in [1.807, 2.05) is 5.57 Å². The SMILES string of the molecule is CN1c2ccccc2C2CC([C@H]3C=C4C(CC3)N(C3C=CCCC3)C3CCCC[C@H]43)C=C[C@@H]21. The molecule has 2 fully saturated rings. The quantitative estimate of drug-likeness (QED) is 0.464.